The molecule has 0 radical (unpaired) electrons. The highest BCUT2D eigenvalue weighted by Crippen LogP contribution is 2.33. The lowest BCUT2D eigenvalue weighted by atomic mass is 9.97. The van der Waals surface area contributed by atoms with E-state index >= 15 is 0 Å². The molecule has 0 bridgehead atoms. The lowest BCUT2D eigenvalue weighted by Gasteiger charge is -2.17. The highest BCUT2D eigenvalue weighted by molar-refractivity contribution is 7.90. The summed E-state index contributed by atoms with van der Waals surface area (Å²) >= 11 is 0. The van der Waals surface area contributed by atoms with E-state index in [1.54, 1.807) is 24.3 Å². The van der Waals surface area contributed by atoms with Gasteiger partial charge in [-0.05, 0) is 58.4 Å². The van der Waals surface area contributed by atoms with Crippen LogP contribution in [-0.2, 0) is 10.0 Å². The smallest absolute Gasteiger partial charge is 0.237 e. The predicted molar refractivity (Wildman–Crippen MR) is 117 cm³/mol. The first-order chi connectivity index (χ1) is 13.3. The van der Waals surface area contributed by atoms with Gasteiger partial charge in [0.15, 0.2) is 0 Å². The number of hydrogen-bond acceptors (Lipinski definition) is 2. The average molecular weight is 394 g/mol. The highest BCUT2D eigenvalue weighted by Gasteiger charge is 2.25. The summed E-state index contributed by atoms with van der Waals surface area (Å²) in [6.07, 6.45) is 5.08. The van der Waals surface area contributed by atoms with Gasteiger partial charge in [0.1, 0.15) is 0 Å². The second-order valence-corrected chi connectivity index (χ2v) is 9.36. The molecule has 3 nitrogen and oxygen atoms in total. The molecule has 4 heteroatoms. The molecule has 146 valence electrons. The Bertz CT molecular complexity index is 1130. The van der Waals surface area contributed by atoms with Crippen molar-refractivity contribution in [2.75, 3.05) is 0 Å². The summed E-state index contributed by atoms with van der Waals surface area (Å²) in [6.45, 7) is 8.23. The van der Waals surface area contributed by atoms with Crippen LogP contribution in [0, 0.1) is 0 Å². The van der Waals surface area contributed by atoms with Crippen molar-refractivity contribution in [2.24, 2.45) is 0 Å². The molecule has 0 aliphatic rings. The van der Waals surface area contributed by atoms with Crippen molar-refractivity contribution < 1.29 is 8.42 Å². The molecule has 0 aliphatic heterocycles. The zero-order valence-corrected chi connectivity index (χ0v) is 17.7. The van der Waals surface area contributed by atoms with Crippen LogP contribution in [0.5, 0.6) is 0 Å². The number of fused-ring (bicyclic) bond motifs is 1. The first kappa shape index (κ1) is 20.2. The minimum Gasteiger partial charge on any atom is -0.237 e. The third kappa shape index (κ3) is 4.12. The molecule has 0 saturated carbocycles. The lowest BCUT2D eigenvalue weighted by molar-refractivity contribution is 0.585. The van der Waals surface area contributed by atoms with Gasteiger partial charge in [-0.25, -0.2) is 12.4 Å². The average Bonchev–Trinajstić information content (AvgIpc) is 3.05. The number of rotatable bonds is 6. The van der Waals surface area contributed by atoms with E-state index in [9.17, 15) is 8.42 Å². The molecule has 2 aromatic carbocycles. The Morgan fingerprint density at radius 2 is 1.57 bits per heavy atom. The van der Waals surface area contributed by atoms with Crippen molar-refractivity contribution in [3.63, 3.8) is 0 Å². The van der Waals surface area contributed by atoms with Gasteiger partial charge in [0.25, 0.3) is 10.0 Å². The van der Waals surface area contributed by atoms with E-state index < -0.39 is 10.0 Å². The Hall–Kier alpha value is -2.59. The van der Waals surface area contributed by atoms with E-state index in [0.29, 0.717) is 10.4 Å². The minimum atomic E-state index is -3.71. The molecule has 0 aliphatic carbocycles. The highest BCUT2D eigenvalue weighted by atomic mass is 32.2. The van der Waals surface area contributed by atoms with E-state index in [-0.39, 0.29) is 5.92 Å². The second kappa shape index (κ2) is 8.19. The van der Waals surface area contributed by atoms with Crippen LogP contribution in [0.4, 0.5) is 0 Å². The standard InChI is InChI=1S/C24H27NO2S/c1-18(2)14-15-21(16-19(3)4)24-17-20-10-8-9-13-23(20)25(24)28(26,27)22-11-6-5-7-12-22/h5-14,16-17,21H,15H2,1-4H3. The number of nitrogens with zero attached hydrogens (tertiary/aromatic N) is 1. The first-order valence-corrected chi connectivity index (χ1v) is 10.9. The topological polar surface area (TPSA) is 39.1 Å². The molecule has 1 heterocycles. The Kier molecular flexibility index (Phi) is 5.90. The summed E-state index contributed by atoms with van der Waals surface area (Å²) in [5.74, 6) is -0.0224. The fraction of sp³-hybridized carbons (Fsp3) is 0.250. The van der Waals surface area contributed by atoms with Gasteiger partial charge in [-0.15, -0.1) is 0 Å². The molecule has 0 fully saturated rings. The molecular weight excluding hydrogens is 366 g/mol. The number of allylic oxidation sites excluding steroid dienone is 4. The summed E-state index contributed by atoms with van der Waals surface area (Å²) in [6, 6.07) is 18.3. The van der Waals surface area contributed by atoms with Crippen molar-refractivity contribution in [2.45, 2.75) is 44.9 Å². The van der Waals surface area contributed by atoms with E-state index in [1.165, 1.54) is 15.1 Å². The summed E-state index contributed by atoms with van der Waals surface area (Å²) < 4.78 is 28.7. The van der Waals surface area contributed by atoms with Crippen LogP contribution in [0.1, 0.15) is 45.7 Å². The number of aromatic nitrogens is 1. The van der Waals surface area contributed by atoms with Gasteiger partial charge in [0.05, 0.1) is 10.4 Å². The van der Waals surface area contributed by atoms with Gasteiger partial charge >= 0.3 is 0 Å². The third-order valence-corrected chi connectivity index (χ3v) is 6.43. The van der Waals surface area contributed by atoms with Crippen LogP contribution in [0.2, 0.25) is 0 Å². The predicted octanol–water partition coefficient (Wildman–Crippen LogP) is 6.28. The molecule has 1 aromatic heterocycles. The fourth-order valence-corrected chi connectivity index (χ4v) is 5.02. The third-order valence-electron chi connectivity index (χ3n) is 4.67. The van der Waals surface area contributed by atoms with E-state index in [4.69, 9.17) is 0 Å². The first-order valence-electron chi connectivity index (χ1n) is 9.50. The van der Waals surface area contributed by atoms with E-state index in [2.05, 4.69) is 26.0 Å². The molecule has 1 atom stereocenters. The van der Waals surface area contributed by atoms with Crippen molar-refractivity contribution in [3.8, 4) is 0 Å². The van der Waals surface area contributed by atoms with Gasteiger partial charge in [0, 0.05) is 17.0 Å². The van der Waals surface area contributed by atoms with Crippen LogP contribution >= 0.6 is 0 Å². The van der Waals surface area contributed by atoms with Crippen molar-refractivity contribution in [1.29, 1.82) is 0 Å². The Morgan fingerprint density at radius 3 is 2.21 bits per heavy atom. The second-order valence-electron chi connectivity index (χ2n) is 7.58. The van der Waals surface area contributed by atoms with Crippen LogP contribution in [0.3, 0.4) is 0 Å². The lowest BCUT2D eigenvalue weighted by Crippen LogP contribution is -2.17. The largest absolute Gasteiger partial charge is 0.268 e. The molecule has 3 aromatic rings. The maximum Gasteiger partial charge on any atom is 0.268 e. The van der Waals surface area contributed by atoms with Crippen molar-refractivity contribution in [3.05, 3.63) is 89.7 Å². The number of benzene rings is 2. The van der Waals surface area contributed by atoms with Crippen LogP contribution in [-0.4, -0.2) is 12.4 Å². The summed E-state index contributed by atoms with van der Waals surface area (Å²) in [7, 11) is -3.71. The Labute approximate surface area is 168 Å². The van der Waals surface area contributed by atoms with Crippen LogP contribution in [0.15, 0.2) is 88.9 Å². The Morgan fingerprint density at radius 1 is 0.929 bits per heavy atom. The number of hydrogen-bond donors (Lipinski definition) is 0. The Balaban J connectivity index is 2.30. The minimum absolute atomic E-state index is 0.0224. The normalized spacial score (nSPS) is 12.6. The van der Waals surface area contributed by atoms with Gasteiger partial charge < -0.3 is 0 Å². The van der Waals surface area contributed by atoms with Crippen molar-refractivity contribution >= 4 is 20.9 Å². The maximum atomic E-state index is 13.6. The SMILES string of the molecule is CC(C)=CCC(C=C(C)C)c1cc2ccccc2n1S(=O)(=O)c1ccccc1. The maximum absolute atomic E-state index is 13.6. The van der Waals surface area contributed by atoms with Crippen LogP contribution < -0.4 is 0 Å². The molecule has 0 spiro atoms. The monoisotopic (exact) mass is 393 g/mol. The quantitative estimate of drug-likeness (QED) is 0.462. The molecule has 0 N–H and O–H groups in total. The molecular formula is C24H27NO2S. The molecule has 0 saturated heterocycles. The zero-order valence-electron chi connectivity index (χ0n) is 16.9. The summed E-state index contributed by atoms with van der Waals surface area (Å²) in [4.78, 5) is 0.302. The van der Waals surface area contributed by atoms with Gasteiger partial charge in [0.2, 0.25) is 0 Å². The van der Waals surface area contributed by atoms with Crippen molar-refractivity contribution in [1.82, 2.24) is 3.97 Å². The molecule has 3 rings (SSSR count). The van der Waals surface area contributed by atoms with Crippen LogP contribution in [0.25, 0.3) is 10.9 Å². The molecule has 1 unspecified atom stereocenters. The van der Waals surface area contributed by atoms with Gasteiger partial charge in [-0.3, -0.25) is 0 Å². The van der Waals surface area contributed by atoms with Gasteiger partial charge in [-0.2, -0.15) is 0 Å². The van der Waals surface area contributed by atoms with Gasteiger partial charge in [-0.1, -0.05) is 59.7 Å². The summed E-state index contributed by atoms with van der Waals surface area (Å²) in [5.41, 5.74) is 3.90. The summed E-state index contributed by atoms with van der Waals surface area (Å²) in [5, 5.41) is 0.932. The van der Waals surface area contributed by atoms with E-state index in [0.717, 1.165) is 17.5 Å². The fourth-order valence-electron chi connectivity index (χ4n) is 3.41. The zero-order chi connectivity index (χ0) is 20.3. The molecule has 0 amide bonds. The van der Waals surface area contributed by atoms with E-state index in [1.807, 2.05) is 50.2 Å². The number of para-hydroxylation sites is 1. The molecule has 28 heavy (non-hydrogen) atoms.